The van der Waals surface area contributed by atoms with E-state index in [1.54, 1.807) is 11.3 Å². The van der Waals surface area contributed by atoms with Crippen LogP contribution in [0.1, 0.15) is 28.8 Å². The molecule has 3 aromatic heterocycles. The van der Waals surface area contributed by atoms with Crippen molar-refractivity contribution in [3.63, 3.8) is 0 Å². The Bertz CT molecular complexity index is 1910. The molecule has 2 aliphatic rings. The molecule has 7 aromatic rings. The zero-order valence-electron chi connectivity index (χ0n) is 15.8. The number of thiophene rings is 1. The number of hydrogen-bond acceptors (Lipinski definition) is 4. The molecule has 1 aliphatic heterocycles. The van der Waals surface area contributed by atoms with Gasteiger partial charge in [0.15, 0.2) is 0 Å². The number of hydrogen-bond donors (Lipinski definition) is 2. The quantitative estimate of drug-likeness (QED) is 0.243. The van der Waals surface area contributed by atoms with Crippen molar-refractivity contribution in [3.05, 3.63) is 34.5 Å². The van der Waals surface area contributed by atoms with Gasteiger partial charge in [-0.15, -0.1) is 11.3 Å². The molecular weight excluding hydrogens is 412 g/mol. The molecule has 0 saturated heterocycles. The lowest BCUT2D eigenvalue weighted by Gasteiger charge is -2.23. The second kappa shape index (κ2) is 4.48. The molecule has 6 heteroatoms. The Balaban J connectivity index is 1.76. The van der Waals surface area contributed by atoms with Crippen molar-refractivity contribution >= 4 is 85.8 Å². The summed E-state index contributed by atoms with van der Waals surface area (Å²) in [5.41, 5.74) is 6.62. The van der Waals surface area contributed by atoms with Gasteiger partial charge >= 0.3 is 0 Å². The third-order valence-corrected chi connectivity index (χ3v) is 9.89. The number of aryl methyl sites for hydroxylation is 2. The van der Waals surface area contributed by atoms with Crippen LogP contribution in [0.5, 0.6) is 5.75 Å². The van der Waals surface area contributed by atoms with Crippen molar-refractivity contribution in [1.29, 1.82) is 0 Å². The van der Waals surface area contributed by atoms with E-state index in [2.05, 4.69) is 17.1 Å². The van der Waals surface area contributed by atoms with Crippen LogP contribution in [-0.4, -0.2) is 19.3 Å². The van der Waals surface area contributed by atoms with Gasteiger partial charge in [-0.2, -0.15) is 0 Å². The van der Waals surface area contributed by atoms with Crippen LogP contribution in [-0.2, 0) is 35.1 Å². The summed E-state index contributed by atoms with van der Waals surface area (Å²) in [5, 5.41) is 21.4. The second-order valence-corrected chi connectivity index (χ2v) is 11.5. The predicted molar refractivity (Wildman–Crippen MR) is 124 cm³/mol. The molecule has 4 aromatic carbocycles. The lowest BCUT2D eigenvalue weighted by atomic mass is 9.82. The zero-order valence-corrected chi connectivity index (χ0v) is 17.4. The lowest BCUT2D eigenvalue weighted by molar-refractivity contribution is 0.478. The Morgan fingerprint density at radius 1 is 0.933 bits per heavy atom. The number of aromatic amines is 1. The van der Waals surface area contributed by atoms with Crippen molar-refractivity contribution in [1.82, 2.24) is 9.97 Å². The van der Waals surface area contributed by atoms with Gasteiger partial charge in [-0.05, 0) is 47.9 Å². The van der Waals surface area contributed by atoms with Crippen LogP contribution < -0.4 is 0 Å². The van der Waals surface area contributed by atoms with Crippen molar-refractivity contribution in [2.45, 2.75) is 30.8 Å². The first-order valence-corrected chi connectivity index (χ1v) is 12.7. The SMILES string of the molecule is O=S1Cc2nc3[nH]c4cc5c6c(cc7sc8c(O)c(c2c2c3c4c6c7c82)C1)CCC5. The van der Waals surface area contributed by atoms with Crippen LogP contribution in [0.2, 0.25) is 0 Å². The lowest BCUT2D eigenvalue weighted by Crippen LogP contribution is -2.10. The van der Waals surface area contributed by atoms with Gasteiger partial charge in [-0.25, -0.2) is 4.98 Å². The summed E-state index contributed by atoms with van der Waals surface area (Å²) in [6.45, 7) is 0. The average Bonchev–Trinajstić information content (AvgIpc) is 3.29. The van der Waals surface area contributed by atoms with Gasteiger partial charge in [0.05, 0.1) is 21.9 Å². The topological polar surface area (TPSA) is 66.0 Å². The van der Waals surface area contributed by atoms with Gasteiger partial charge < -0.3 is 10.1 Å². The van der Waals surface area contributed by atoms with Gasteiger partial charge in [-0.3, -0.25) is 4.21 Å². The molecule has 9 rings (SSSR count). The molecule has 1 atom stereocenters. The first kappa shape index (κ1) is 15.2. The van der Waals surface area contributed by atoms with Crippen LogP contribution in [0.15, 0.2) is 12.1 Å². The Labute approximate surface area is 176 Å². The number of rotatable bonds is 0. The number of aromatic hydroxyl groups is 1. The highest BCUT2D eigenvalue weighted by atomic mass is 32.2. The molecule has 1 aliphatic carbocycles. The number of nitrogens with one attached hydrogen (secondary N) is 1. The summed E-state index contributed by atoms with van der Waals surface area (Å²) < 4.78 is 14.8. The normalized spacial score (nSPS) is 19.3. The predicted octanol–water partition coefficient (Wildman–Crippen LogP) is 5.66. The largest absolute Gasteiger partial charge is 0.506 e. The van der Waals surface area contributed by atoms with Gasteiger partial charge in [-0.1, -0.05) is 0 Å². The number of aromatic nitrogens is 2. The molecule has 4 heterocycles. The number of pyridine rings is 1. The molecule has 0 radical (unpaired) electrons. The smallest absolute Gasteiger partial charge is 0.139 e. The van der Waals surface area contributed by atoms with E-state index in [0.29, 0.717) is 17.3 Å². The van der Waals surface area contributed by atoms with Crippen LogP contribution in [0.4, 0.5) is 0 Å². The van der Waals surface area contributed by atoms with E-state index in [-0.39, 0.29) is 0 Å². The highest BCUT2D eigenvalue weighted by molar-refractivity contribution is 7.83. The number of phenols is 1. The van der Waals surface area contributed by atoms with Crippen molar-refractivity contribution in [2.75, 3.05) is 0 Å². The van der Waals surface area contributed by atoms with Gasteiger partial charge in [0.2, 0.25) is 0 Å². The van der Waals surface area contributed by atoms with Gasteiger partial charge in [0, 0.05) is 64.3 Å². The minimum atomic E-state index is -1.04. The number of phenolic OH excluding ortho intramolecular Hbond substituents is 1. The molecule has 0 saturated carbocycles. The van der Waals surface area contributed by atoms with Crippen molar-refractivity contribution in [3.8, 4) is 5.75 Å². The monoisotopic (exact) mass is 426 g/mol. The third-order valence-electron chi connectivity index (χ3n) is 7.54. The number of benzene rings is 4. The molecule has 4 nitrogen and oxygen atoms in total. The van der Waals surface area contributed by atoms with E-state index in [1.165, 1.54) is 65.5 Å². The van der Waals surface area contributed by atoms with E-state index in [1.807, 2.05) is 0 Å². The minimum Gasteiger partial charge on any atom is -0.506 e. The summed E-state index contributed by atoms with van der Waals surface area (Å²) in [6, 6.07) is 4.71. The fourth-order valence-electron chi connectivity index (χ4n) is 6.55. The highest BCUT2D eigenvalue weighted by Gasteiger charge is 2.33. The van der Waals surface area contributed by atoms with E-state index < -0.39 is 10.8 Å². The van der Waals surface area contributed by atoms with Gasteiger partial charge in [0.1, 0.15) is 11.4 Å². The molecule has 0 amide bonds. The summed E-state index contributed by atoms with van der Waals surface area (Å²) in [6.07, 6.45) is 3.41. The Morgan fingerprint density at radius 2 is 1.77 bits per heavy atom. The highest BCUT2D eigenvalue weighted by Crippen LogP contribution is 2.57. The van der Waals surface area contributed by atoms with Crippen molar-refractivity contribution in [2.24, 2.45) is 0 Å². The Hall–Kier alpha value is -2.70. The molecule has 144 valence electrons. The van der Waals surface area contributed by atoms with Gasteiger partial charge in [0.25, 0.3) is 0 Å². The fourth-order valence-corrected chi connectivity index (χ4v) is 9.02. The summed E-state index contributed by atoms with van der Waals surface area (Å²) >= 11 is 1.70. The summed E-state index contributed by atoms with van der Waals surface area (Å²) in [7, 11) is -1.04. The van der Waals surface area contributed by atoms with E-state index in [0.717, 1.165) is 39.8 Å². The first-order valence-electron chi connectivity index (χ1n) is 10.4. The zero-order chi connectivity index (χ0) is 19.5. The first-order chi connectivity index (χ1) is 14.7. The Morgan fingerprint density at radius 3 is 2.67 bits per heavy atom. The van der Waals surface area contributed by atoms with Crippen LogP contribution in [0.3, 0.4) is 0 Å². The average molecular weight is 427 g/mol. The standard InChI is InChI=1S/C24H14N2O2S2/c27-22-10-6-30(28)7-12-15(10)19-20-17-13(29-23(20)22)5-9-3-1-2-8-4-11-16(18(17)14(8)9)21(19)24(25-11)26-12/h4-5,27H,1-3,6-7H2,(H,25,26). The molecular formula is C24H14N2O2S2. The van der Waals surface area contributed by atoms with Crippen molar-refractivity contribution < 1.29 is 9.32 Å². The summed E-state index contributed by atoms with van der Waals surface area (Å²) in [5.74, 6) is 1.19. The van der Waals surface area contributed by atoms with E-state index in [4.69, 9.17) is 4.98 Å². The van der Waals surface area contributed by atoms with E-state index >= 15 is 0 Å². The molecule has 1 unspecified atom stereocenters. The van der Waals surface area contributed by atoms with E-state index in [9.17, 15) is 9.32 Å². The Kier molecular flexibility index (Phi) is 2.26. The minimum absolute atomic E-state index is 0.324. The maximum Gasteiger partial charge on any atom is 0.139 e. The fraction of sp³-hybridized carbons (Fsp3) is 0.208. The molecule has 30 heavy (non-hydrogen) atoms. The molecule has 0 spiro atoms. The third kappa shape index (κ3) is 1.40. The molecule has 2 N–H and O–H groups in total. The number of H-pyrrole nitrogens is 1. The second-order valence-electron chi connectivity index (χ2n) is 8.99. The maximum absolute atomic E-state index is 12.6. The van der Waals surface area contributed by atoms with Crippen LogP contribution in [0.25, 0.3) is 63.7 Å². The molecule has 0 bridgehead atoms. The molecule has 0 fully saturated rings. The maximum atomic E-state index is 12.6. The van der Waals surface area contributed by atoms with Crippen LogP contribution in [0, 0.1) is 0 Å². The van der Waals surface area contributed by atoms with Crippen LogP contribution >= 0.6 is 11.3 Å². The summed E-state index contributed by atoms with van der Waals surface area (Å²) in [4.78, 5) is 8.58. The number of nitrogens with zero attached hydrogens (tertiary/aromatic N) is 1.